The molecule has 0 aliphatic carbocycles. The van der Waals surface area contributed by atoms with Gasteiger partial charge in [0.05, 0.1) is 52.8 Å². The molecule has 3 N–H and O–H groups in total. The Balaban J connectivity index is 3.72. The predicted octanol–water partition coefficient (Wildman–Crippen LogP) is 1.80. The Morgan fingerprint density at radius 2 is 1.19 bits per heavy atom. The number of nitrogens with one attached hydrogen (secondary N) is 3. The molecule has 0 radical (unpaired) electrons. The van der Waals surface area contributed by atoms with E-state index >= 15 is 0 Å². The van der Waals surface area contributed by atoms with E-state index in [1.54, 1.807) is 0 Å². The van der Waals surface area contributed by atoms with E-state index in [9.17, 15) is 14.4 Å². The summed E-state index contributed by atoms with van der Waals surface area (Å²) in [6, 6.07) is 0.529. The van der Waals surface area contributed by atoms with Gasteiger partial charge in [-0.2, -0.15) is 0 Å². The molecule has 0 heterocycles. The zero-order valence-electron chi connectivity index (χ0n) is 28.1. The number of hydrogen-bond donors (Lipinski definition) is 3. The van der Waals surface area contributed by atoms with Crippen molar-refractivity contribution in [3.05, 3.63) is 0 Å². The molecular weight excluding hydrogens is 556 g/mol. The van der Waals surface area contributed by atoms with E-state index in [-0.39, 0.29) is 48.9 Å². The van der Waals surface area contributed by atoms with E-state index in [1.807, 2.05) is 13.8 Å². The van der Waals surface area contributed by atoms with Crippen LogP contribution < -0.4 is 16.0 Å². The van der Waals surface area contributed by atoms with Crippen LogP contribution >= 0.6 is 0 Å². The van der Waals surface area contributed by atoms with Crippen molar-refractivity contribution in [2.45, 2.75) is 79.3 Å². The normalized spacial score (nSPS) is 12.0. The van der Waals surface area contributed by atoms with Crippen LogP contribution in [0.2, 0.25) is 0 Å². The largest absolute Gasteiger partial charge is 0.380 e. The fourth-order valence-corrected chi connectivity index (χ4v) is 3.57. The van der Waals surface area contributed by atoms with Crippen molar-refractivity contribution in [1.29, 1.82) is 0 Å². The van der Waals surface area contributed by atoms with Gasteiger partial charge in [-0.3, -0.25) is 19.3 Å². The first-order valence-corrected chi connectivity index (χ1v) is 15.9. The molecule has 0 bridgehead atoms. The monoisotopic (exact) mass is 618 g/mol. The van der Waals surface area contributed by atoms with Gasteiger partial charge in [-0.25, -0.2) is 0 Å². The van der Waals surface area contributed by atoms with Crippen LogP contribution in [0.3, 0.4) is 0 Å². The number of rotatable bonds is 29. The van der Waals surface area contributed by atoms with Gasteiger partial charge >= 0.3 is 0 Å². The van der Waals surface area contributed by atoms with Crippen LogP contribution in [-0.2, 0) is 38.1 Å². The third-order valence-corrected chi connectivity index (χ3v) is 6.31. The quantitative estimate of drug-likeness (QED) is 0.107. The third kappa shape index (κ3) is 27.6. The Bertz CT molecular complexity index is 716. The molecule has 0 atom stereocenters. The van der Waals surface area contributed by atoms with Crippen LogP contribution in [0.15, 0.2) is 0 Å². The number of ketones is 1. The predicted molar refractivity (Wildman–Crippen MR) is 168 cm³/mol. The molecule has 43 heavy (non-hydrogen) atoms. The molecule has 0 aliphatic heterocycles. The van der Waals surface area contributed by atoms with Crippen molar-refractivity contribution in [1.82, 2.24) is 20.9 Å². The number of carbonyl (C=O) groups excluding carboxylic acids is 3. The Morgan fingerprint density at radius 3 is 1.77 bits per heavy atom. The highest BCUT2D eigenvalue weighted by molar-refractivity contribution is 5.81. The molecule has 0 aliphatic rings. The zero-order chi connectivity index (χ0) is 32.3. The first-order valence-electron chi connectivity index (χ1n) is 15.9. The average Bonchev–Trinajstić information content (AvgIpc) is 2.93. The lowest BCUT2D eigenvalue weighted by Gasteiger charge is -2.35. The van der Waals surface area contributed by atoms with E-state index < -0.39 is 0 Å². The number of ether oxygens (including phenoxy) is 5. The summed E-state index contributed by atoms with van der Waals surface area (Å²) in [4.78, 5) is 37.8. The minimum atomic E-state index is -0.238. The smallest absolute Gasteiger partial charge is 0.246 e. The highest BCUT2D eigenvalue weighted by Gasteiger charge is 2.23. The van der Waals surface area contributed by atoms with Gasteiger partial charge in [-0.1, -0.05) is 27.7 Å². The van der Waals surface area contributed by atoms with Crippen molar-refractivity contribution in [3.8, 4) is 0 Å². The fraction of sp³-hybridized carbons (Fsp3) is 0.903. The van der Waals surface area contributed by atoms with E-state index in [1.165, 1.54) is 0 Å². The molecule has 0 aromatic rings. The molecule has 0 fully saturated rings. The summed E-state index contributed by atoms with van der Waals surface area (Å²) in [6.45, 7) is 20.4. The Labute approximate surface area is 260 Å². The summed E-state index contributed by atoms with van der Waals surface area (Å²) in [5.41, 5.74) is -0.152. The van der Waals surface area contributed by atoms with Gasteiger partial charge in [0.2, 0.25) is 11.8 Å². The first-order chi connectivity index (χ1) is 20.4. The van der Waals surface area contributed by atoms with Crippen molar-refractivity contribution in [2.24, 2.45) is 5.92 Å². The zero-order valence-corrected chi connectivity index (χ0v) is 28.1. The maximum atomic E-state index is 12.5. The number of Topliss-reactive ketones (excluding diaryl/α,β-unsaturated/α-hetero) is 1. The second-order valence-electron chi connectivity index (χ2n) is 12.0. The third-order valence-electron chi connectivity index (χ3n) is 6.31. The summed E-state index contributed by atoms with van der Waals surface area (Å²) in [7, 11) is 0. The van der Waals surface area contributed by atoms with Gasteiger partial charge in [0, 0.05) is 43.7 Å². The topological polar surface area (TPSA) is 137 Å². The number of unbranched alkanes of at least 4 members (excludes halogenated alkanes) is 2. The minimum Gasteiger partial charge on any atom is -0.380 e. The molecule has 0 rings (SSSR count). The minimum absolute atomic E-state index is 0.0355. The lowest BCUT2D eigenvalue weighted by Crippen LogP contribution is -2.48. The van der Waals surface area contributed by atoms with Crippen molar-refractivity contribution in [2.75, 3.05) is 98.8 Å². The summed E-state index contributed by atoms with van der Waals surface area (Å²) >= 11 is 0. The van der Waals surface area contributed by atoms with Crippen LogP contribution in [0.1, 0.15) is 67.7 Å². The lowest BCUT2D eigenvalue weighted by molar-refractivity contribution is -0.128. The van der Waals surface area contributed by atoms with Gasteiger partial charge in [0.25, 0.3) is 0 Å². The summed E-state index contributed by atoms with van der Waals surface area (Å²) in [5.74, 6) is -0.265. The maximum absolute atomic E-state index is 12.5. The van der Waals surface area contributed by atoms with E-state index in [0.29, 0.717) is 71.9 Å². The van der Waals surface area contributed by atoms with Gasteiger partial charge < -0.3 is 39.6 Å². The number of carbonyl (C=O) groups is 3. The second kappa shape index (κ2) is 26.7. The molecule has 0 saturated carbocycles. The molecule has 254 valence electrons. The summed E-state index contributed by atoms with van der Waals surface area (Å²) in [6.07, 6.45) is 3.35. The van der Waals surface area contributed by atoms with E-state index in [4.69, 9.17) is 23.7 Å². The molecule has 0 saturated heterocycles. The molecule has 0 aromatic carbocycles. The van der Waals surface area contributed by atoms with Crippen LogP contribution in [0.5, 0.6) is 0 Å². The highest BCUT2D eigenvalue weighted by atomic mass is 16.5. The van der Waals surface area contributed by atoms with Crippen LogP contribution in [0, 0.1) is 5.92 Å². The summed E-state index contributed by atoms with van der Waals surface area (Å²) < 4.78 is 27.2. The molecule has 12 heteroatoms. The Morgan fingerprint density at radius 1 is 0.628 bits per heavy atom. The van der Waals surface area contributed by atoms with Crippen molar-refractivity contribution < 1.29 is 38.1 Å². The van der Waals surface area contributed by atoms with Crippen LogP contribution in [-0.4, -0.2) is 133 Å². The van der Waals surface area contributed by atoms with Crippen molar-refractivity contribution >= 4 is 17.6 Å². The first kappa shape index (κ1) is 41.3. The molecule has 12 nitrogen and oxygen atoms in total. The van der Waals surface area contributed by atoms with Gasteiger partial charge in [-0.05, 0) is 46.6 Å². The van der Waals surface area contributed by atoms with Crippen molar-refractivity contribution in [3.63, 3.8) is 0 Å². The van der Waals surface area contributed by atoms with E-state index in [2.05, 4.69) is 55.5 Å². The molecule has 0 spiro atoms. The Hall–Kier alpha value is -1.67. The highest BCUT2D eigenvalue weighted by Crippen LogP contribution is 2.12. The van der Waals surface area contributed by atoms with Gasteiger partial charge in [-0.15, -0.1) is 0 Å². The SMILES string of the molecule is CC(C)NCCCCCOCCN(CC(=O)NCCOCCOCC(=O)NCCOCCOCC(=O)C(C)C)C(C)(C)C. The standard InChI is InChI=1S/C31H62N4O8/c1-26(2)28(36)24-42-21-19-41-17-13-34-30(38)25-43-22-20-40-16-12-33-29(37)23-35(31(5,6)7)14-18-39-15-10-8-9-11-32-27(3)4/h26-27,32H,8-25H2,1-7H3,(H,33,37)(H,34,38). The molecular formula is C31H62N4O8. The average molecular weight is 619 g/mol. The number of amides is 2. The molecule has 0 unspecified atom stereocenters. The van der Waals surface area contributed by atoms with Crippen LogP contribution in [0.4, 0.5) is 0 Å². The second-order valence-corrected chi connectivity index (χ2v) is 12.0. The maximum Gasteiger partial charge on any atom is 0.246 e. The summed E-state index contributed by atoms with van der Waals surface area (Å²) in [5, 5.41) is 9.02. The fourth-order valence-electron chi connectivity index (χ4n) is 3.57. The molecule has 2 amide bonds. The van der Waals surface area contributed by atoms with Gasteiger partial charge in [0.15, 0.2) is 5.78 Å². The van der Waals surface area contributed by atoms with Gasteiger partial charge in [0.1, 0.15) is 13.2 Å². The molecule has 0 aromatic heterocycles. The number of hydrogen-bond acceptors (Lipinski definition) is 10. The Kier molecular flexibility index (Phi) is 25.7. The lowest BCUT2D eigenvalue weighted by atomic mass is 10.1. The number of nitrogens with zero attached hydrogens (tertiary/aromatic N) is 1. The van der Waals surface area contributed by atoms with Crippen LogP contribution in [0.25, 0.3) is 0 Å². The van der Waals surface area contributed by atoms with E-state index in [0.717, 1.165) is 32.4 Å².